The summed E-state index contributed by atoms with van der Waals surface area (Å²) in [6, 6.07) is 7.62. The van der Waals surface area contributed by atoms with Crippen LogP contribution in [-0.2, 0) is 17.8 Å². The fourth-order valence-electron chi connectivity index (χ4n) is 2.18. The summed E-state index contributed by atoms with van der Waals surface area (Å²) in [5, 5.41) is 2.88. The predicted octanol–water partition coefficient (Wildman–Crippen LogP) is 2.28. The van der Waals surface area contributed by atoms with Gasteiger partial charge in [-0.15, -0.1) is 12.4 Å². The molecule has 0 saturated heterocycles. The predicted molar refractivity (Wildman–Crippen MR) is 97.5 cm³/mol. The van der Waals surface area contributed by atoms with Crippen molar-refractivity contribution in [3.8, 4) is 0 Å². The highest BCUT2D eigenvalue weighted by Crippen LogP contribution is 2.09. The van der Waals surface area contributed by atoms with Crippen molar-refractivity contribution >= 4 is 35.3 Å². The SMILES string of the molecule is Cc1sc(=O)n(CCC(=O)NCCc2ccc(N)cc2)c1C.Cl. The number of carbonyl (C=O) groups is 1. The van der Waals surface area contributed by atoms with E-state index in [1.807, 2.05) is 38.1 Å². The van der Waals surface area contributed by atoms with Crippen LogP contribution < -0.4 is 15.9 Å². The quantitative estimate of drug-likeness (QED) is 0.780. The molecule has 0 spiro atoms. The van der Waals surface area contributed by atoms with Gasteiger partial charge in [0.05, 0.1) is 0 Å². The maximum Gasteiger partial charge on any atom is 0.307 e. The lowest BCUT2D eigenvalue weighted by atomic mass is 10.1. The van der Waals surface area contributed by atoms with Crippen LogP contribution in [0.4, 0.5) is 5.69 Å². The highest BCUT2D eigenvalue weighted by Gasteiger charge is 2.09. The third-order valence-electron chi connectivity index (χ3n) is 3.65. The molecule has 1 aromatic heterocycles. The molecule has 1 heterocycles. The number of aryl methyl sites for hydroxylation is 1. The summed E-state index contributed by atoms with van der Waals surface area (Å²) >= 11 is 1.23. The van der Waals surface area contributed by atoms with Gasteiger partial charge < -0.3 is 15.6 Å². The number of benzene rings is 1. The maximum atomic E-state index is 11.8. The number of rotatable bonds is 6. The molecule has 0 aliphatic carbocycles. The van der Waals surface area contributed by atoms with Crippen molar-refractivity contribution < 1.29 is 4.79 Å². The number of hydrogen-bond donors (Lipinski definition) is 2. The van der Waals surface area contributed by atoms with E-state index in [4.69, 9.17) is 5.73 Å². The molecule has 2 aromatic rings. The summed E-state index contributed by atoms with van der Waals surface area (Å²) < 4.78 is 1.67. The third kappa shape index (κ3) is 5.41. The molecule has 0 radical (unpaired) electrons. The summed E-state index contributed by atoms with van der Waals surface area (Å²) in [7, 11) is 0. The van der Waals surface area contributed by atoms with Crippen LogP contribution >= 0.6 is 23.7 Å². The molecule has 0 aliphatic heterocycles. The molecule has 0 aliphatic rings. The van der Waals surface area contributed by atoms with E-state index >= 15 is 0 Å². The highest BCUT2D eigenvalue weighted by atomic mass is 35.5. The fraction of sp³-hybridized carbons (Fsp3) is 0.375. The first-order valence-corrected chi connectivity index (χ1v) is 8.07. The molecule has 3 N–H and O–H groups in total. The molecule has 5 nitrogen and oxygen atoms in total. The van der Waals surface area contributed by atoms with Crippen molar-refractivity contribution in [2.75, 3.05) is 12.3 Å². The standard InChI is InChI=1S/C16H21N3O2S.ClH/c1-11-12(2)22-16(21)19(11)10-8-15(20)18-9-7-13-3-5-14(17)6-4-13;/h3-6H,7-10,17H2,1-2H3,(H,18,20);1H. The van der Waals surface area contributed by atoms with Crippen LogP contribution in [0.5, 0.6) is 0 Å². The Morgan fingerprint density at radius 2 is 1.91 bits per heavy atom. The fourth-order valence-corrected chi connectivity index (χ4v) is 3.04. The van der Waals surface area contributed by atoms with E-state index in [1.165, 1.54) is 11.3 Å². The average Bonchev–Trinajstić information content (AvgIpc) is 2.72. The minimum Gasteiger partial charge on any atom is -0.399 e. The molecule has 7 heteroatoms. The van der Waals surface area contributed by atoms with Crippen LogP contribution in [0, 0.1) is 13.8 Å². The number of amides is 1. The van der Waals surface area contributed by atoms with Crippen LogP contribution in [0.3, 0.4) is 0 Å². The molecule has 1 aromatic carbocycles. The van der Waals surface area contributed by atoms with E-state index in [-0.39, 0.29) is 23.2 Å². The largest absolute Gasteiger partial charge is 0.399 e. The van der Waals surface area contributed by atoms with Crippen LogP contribution in [0.1, 0.15) is 22.6 Å². The Kier molecular flexibility index (Phi) is 7.32. The Morgan fingerprint density at radius 3 is 2.48 bits per heavy atom. The highest BCUT2D eigenvalue weighted by molar-refractivity contribution is 7.09. The summed E-state index contributed by atoms with van der Waals surface area (Å²) in [5.41, 5.74) is 8.45. The molecule has 0 atom stereocenters. The zero-order valence-corrected chi connectivity index (χ0v) is 14.9. The monoisotopic (exact) mass is 355 g/mol. The summed E-state index contributed by atoms with van der Waals surface area (Å²) in [5.74, 6) is -0.0365. The molecule has 0 fully saturated rings. The first-order valence-electron chi connectivity index (χ1n) is 7.25. The van der Waals surface area contributed by atoms with Crippen molar-refractivity contribution in [1.29, 1.82) is 0 Å². The van der Waals surface area contributed by atoms with Crippen molar-refractivity contribution in [3.05, 3.63) is 50.1 Å². The average molecular weight is 356 g/mol. The Morgan fingerprint density at radius 1 is 1.26 bits per heavy atom. The number of nitrogens with two attached hydrogens (primary N) is 1. The number of anilines is 1. The molecule has 1 amide bonds. The number of aromatic nitrogens is 1. The lowest BCUT2D eigenvalue weighted by Gasteiger charge is -2.07. The van der Waals surface area contributed by atoms with Crippen molar-refractivity contribution in [1.82, 2.24) is 9.88 Å². The van der Waals surface area contributed by atoms with Gasteiger partial charge in [0.2, 0.25) is 5.91 Å². The Bertz CT molecular complexity index is 707. The van der Waals surface area contributed by atoms with E-state index in [2.05, 4.69) is 5.32 Å². The second-order valence-electron chi connectivity index (χ2n) is 5.25. The van der Waals surface area contributed by atoms with Crippen molar-refractivity contribution in [3.63, 3.8) is 0 Å². The molecular weight excluding hydrogens is 334 g/mol. The van der Waals surface area contributed by atoms with Crippen molar-refractivity contribution in [2.45, 2.75) is 33.2 Å². The van der Waals surface area contributed by atoms with Crippen molar-refractivity contribution in [2.24, 2.45) is 0 Å². The molecule has 126 valence electrons. The van der Waals surface area contributed by atoms with Crippen LogP contribution in [0.25, 0.3) is 0 Å². The summed E-state index contributed by atoms with van der Waals surface area (Å²) in [6.45, 7) is 4.85. The summed E-state index contributed by atoms with van der Waals surface area (Å²) in [6.07, 6.45) is 1.08. The molecule has 23 heavy (non-hydrogen) atoms. The number of nitrogen functional groups attached to an aromatic ring is 1. The van der Waals surface area contributed by atoms with Gasteiger partial charge in [-0.05, 0) is 38.0 Å². The third-order valence-corrected chi connectivity index (χ3v) is 4.65. The number of thiazole rings is 1. The Labute approximate surface area is 145 Å². The second kappa shape index (κ2) is 8.74. The molecule has 0 saturated carbocycles. The Balaban J connectivity index is 0.00000264. The zero-order valence-electron chi connectivity index (χ0n) is 13.3. The number of halogens is 1. The van der Waals surface area contributed by atoms with E-state index in [0.717, 1.165) is 28.2 Å². The second-order valence-corrected chi connectivity index (χ2v) is 6.42. The van der Waals surface area contributed by atoms with Gasteiger partial charge in [0.1, 0.15) is 0 Å². The number of hydrogen-bond acceptors (Lipinski definition) is 4. The zero-order chi connectivity index (χ0) is 16.1. The van der Waals surface area contributed by atoms with Gasteiger partial charge in [0.25, 0.3) is 0 Å². The van der Waals surface area contributed by atoms with E-state index < -0.39 is 0 Å². The molecule has 2 rings (SSSR count). The number of nitrogens with one attached hydrogen (secondary N) is 1. The van der Waals surface area contributed by atoms with Gasteiger partial charge in [0.15, 0.2) is 0 Å². The van der Waals surface area contributed by atoms with E-state index in [9.17, 15) is 9.59 Å². The van der Waals surface area contributed by atoms with E-state index in [0.29, 0.717) is 19.5 Å². The maximum absolute atomic E-state index is 11.8. The lowest BCUT2D eigenvalue weighted by molar-refractivity contribution is -0.121. The van der Waals surface area contributed by atoms with Crippen LogP contribution in [0.15, 0.2) is 29.1 Å². The van der Waals surface area contributed by atoms with Crippen LogP contribution in [-0.4, -0.2) is 17.0 Å². The van der Waals surface area contributed by atoms with Gasteiger partial charge in [-0.3, -0.25) is 9.59 Å². The van der Waals surface area contributed by atoms with Gasteiger partial charge in [-0.2, -0.15) is 0 Å². The normalized spacial score (nSPS) is 10.2. The number of carbonyl (C=O) groups excluding carboxylic acids is 1. The summed E-state index contributed by atoms with van der Waals surface area (Å²) in [4.78, 5) is 24.6. The molecule has 0 unspecified atom stereocenters. The lowest BCUT2D eigenvalue weighted by Crippen LogP contribution is -2.28. The smallest absolute Gasteiger partial charge is 0.307 e. The molecule has 0 bridgehead atoms. The van der Waals surface area contributed by atoms with Gasteiger partial charge in [-0.1, -0.05) is 23.5 Å². The minimum absolute atomic E-state index is 0. The number of nitrogens with zero attached hydrogens (tertiary/aromatic N) is 1. The van der Waals surface area contributed by atoms with Gasteiger partial charge >= 0.3 is 4.87 Å². The van der Waals surface area contributed by atoms with Gasteiger partial charge in [-0.25, -0.2) is 0 Å². The van der Waals surface area contributed by atoms with Crippen LogP contribution in [0.2, 0.25) is 0 Å². The first kappa shape index (κ1) is 19.3. The minimum atomic E-state index is -0.0365. The first-order chi connectivity index (χ1) is 10.5. The Hall–Kier alpha value is -1.79. The topological polar surface area (TPSA) is 77.1 Å². The van der Waals surface area contributed by atoms with E-state index in [1.54, 1.807) is 4.57 Å². The molecular formula is C16H22ClN3O2S. The van der Waals surface area contributed by atoms with Gasteiger partial charge in [0, 0.05) is 35.8 Å².